The first-order valence-electron chi connectivity index (χ1n) is 5.52. The lowest BCUT2D eigenvalue weighted by molar-refractivity contribution is 0.250. The number of aryl methyl sites for hydroxylation is 1. The zero-order chi connectivity index (χ0) is 13.7. The predicted molar refractivity (Wildman–Crippen MR) is 76.7 cm³/mol. The molecule has 18 heavy (non-hydrogen) atoms. The van der Waals surface area contributed by atoms with E-state index in [-0.39, 0.29) is 12.1 Å². The van der Waals surface area contributed by atoms with Crippen molar-refractivity contribution in [2.45, 2.75) is 19.9 Å². The fourth-order valence-corrected chi connectivity index (χ4v) is 2.61. The topological polar surface area (TPSA) is 58.2 Å². The van der Waals surface area contributed by atoms with Crippen molar-refractivity contribution in [1.82, 2.24) is 5.32 Å². The zero-order valence-electron chi connectivity index (χ0n) is 10.6. The van der Waals surface area contributed by atoms with Gasteiger partial charge in [-0.1, -0.05) is 23.7 Å². The Labute approximate surface area is 115 Å². The summed E-state index contributed by atoms with van der Waals surface area (Å²) in [6, 6.07) is 4.91. The zero-order valence-corrected chi connectivity index (χ0v) is 12.2. The van der Waals surface area contributed by atoms with Crippen LogP contribution in [0.3, 0.4) is 0 Å². The molecule has 2 N–H and O–H groups in total. The van der Waals surface area contributed by atoms with Crippen molar-refractivity contribution in [1.29, 1.82) is 0 Å². The summed E-state index contributed by atoms with van der Waals surface area (Å²) in [5.41, 5.74) is 1.49. The van der Waals surface area contributed by atoms with Crippen LogP contribution in [0.1, 0.15) is 12.5 Å². The third-order valence-electron chi connectivity index (χ3n) is 2.32. The van der Waals surface area contributed by atoms with Gasteiger partial charge in [-0.2, -0.15) is 0 Å². The van der Waals surface area contributed by atoms with Gasteiger partial charge in [-0.05, 0) is 25.5 Å². The van der Waals surface area contributed by atoms with Gasteiger partial charge in [-0.3, -0.25) is 4.21 Å². The smallest absolute Gasteiger partial charge is 0.319 e. The number of rotatable bonds is 4. The van der Waals surface area contributed by atoms with Crippen LogP contribution in [0.25, 0.3) is 0 Å². The van der Waals surface area contributed by atoms with E-state index in [4.69, 9.17) is 11.6 Å². The Bertz CT molecular complexity index is 445. The van der Waals surface area contributed by atoms with Crippen LogP contribution in [0.15, 0.2) is 18.2 Å². The molecule has 2 amide bonds. The summed E-state index contributed by atoms with van der Waals surface area (Å²) in [6.07, 6.45) is 1.61. The fourth-order valence-electron chi connectivity index (χ4n) is 1.56. The van der Waals surface area contributed by atoms with E-state index in [9.17, 15) is 9.00 Å². The second-order valence-corrected chi connectivity index (χ2v) is 6.06. The van der Waals surface area contributed by atoms with E-state index in [2.05, 4.69) is 10.6 Å². The summed E-state index contributed by atoms with van der Waals surface area (Å²) >= 11 is 6.00. The number of benzene rings is 1. The number of hydrogen-bond acceptors (Lipinski definition) is 2. The van der Waals surface area contributed by atoms with Crippen molar-refractivity contribution < 1.29 is 9.00 Å². The third kappa shape index (κ3) is 4.66. The van der Waals surface area contributed by atoms with Crippen molar-refractivity contribution in [3.05, 3.63) is 28.8 Å². The average molecular weight is 289 g/mol. The lowest BCUT2D eigenvalue weighted by Gasteiger charge is -2.15. The Morgan fingerprint density at radius 3 is 2.72 bits per heavy atom. The van der Waals surface area contributed by atoms with Crippen molar-refractivity contribution in [3.63, 3.8) is 0 Å². The van der Waals surface area contributed by atoms with Crippen LogP contribution in [0, 0.1) is 6.92 Å². The molecule has 0 heterocycles. The highest BCUT2D eigenvalue weighted by Crippen LogP contribution is 2.24. The number of urea groups is 1. The van der Waals surface area contributed by atoms with Crippen LogP contribution in [0.2, 0.25) is 5.02 Å². The highest BCUT2D eigenvalue weighted by Gasteiger charge is 2.11. The monoisotopic (exact) mass is 288 g/mol. The minimum absolute atomic E-state index is 0.154. The molecule has 1 aromatic rings. The highest BCUT2D eigenvalue weighted by atomic mass is 35.5. The van der Waals surface area contributed by atoms with Gasteiger partial charge in [0.2, 0.25) is 0 Å². The molecule has 100 valence electrons. The lowest BCUT2D eigenvalue weighted by Crippen LogP contribution is -2.39. The van der Waals surface area contributed by atoms with E-state index in [1.165, 1.54) is 0 Å². The van der Waals surface area contributed by atoms with Crippen molar-refractivity contribution in [2.24, 2.45) is 0 Å². The summed E-state index contributed by atoms with van der Waals surface area (Å²) in [6.45, 7) is 3.67. The van der Waals surface area contributed by atoms with Crippen LogP contribution in [0.4, 0.5) is 10.5 Å². The van der Waals surface area contributed by atoms with Crippen LogP contribution in [0.5, 0.6) is 0 Å². The van der Waals surface area contributed by atoms with Crippen molar-refractivity contribution >= 4 is 34.1 Å². The van der Waals surface area contributed by atoms with Gasteiger partial charge in [-0.25, -0.2) is 4.79 Å². The number of anilines is 1. The van der Waals surface area contributed by atoms with E-state index in [1.54, 1.807) is 19.2 Å². The number of carbonyl (C=O) groups is 1. The first kappa shape index (κ1) is 15.0. The quantitative estimate of drug-likeness (QED) is 0.894. The van der Waals surface area contributed by atoms with Crippen LogP contribution >= 0.6 is 11.6 Å². The molecule has 0 aliphatic heterocycles. The molecule has 0 fully saturated rings. The maximum Gasteiger partial charge on any atom is 0.319 e. The Hall–Kier alpha value is -1.07. The van der Waals surface area contributed by atoms with Crippen LogP contribution in [-0.2, 0) is 10.8 Å². The highest BCUT2D eigenvalue weighted by molar-refractivity contribution is 7.84. The molecule has 1 aromatic carbocycles. The maximum absolute atomic E-state index is 11.7. The van der Waals surface area contributed by atoms with E-state index >= 15 is 0 Å². The Balaban J connectivity index is 2.62. The lowest BCUT2D eigenvalue weighted by atomic mass is 10.2. The normalized spacial score (nSPS) is 13.8. The Morgan fingerprint density at radius 2 is 2.17 bits per heavy atom. The minimum Gasteiger partial charge on any atom is -0.334 e. The molecule has 0 radical (unpaired) electrons. The number of carbonyl (C=O) groups excluding carboxylic acids is 1. The molecule has 0 saturated carbocycles. The largest absolute Gasteiger partial charge is 0.334 e. The summed E-state index contributed by atoms with van der Waals surface area (Å²) in [4.78, 5) is 11.7. The van der Waals surface area contributed by atoms with Gasteiger partial charge in [-0.15, -0.1) is 0 Å². The molecule has 0 saturated heterocycles. The van der Waals surface area contributed by atoms with Crippen molar-refractivity contribution in [2.75, 3.05) is 17.3 Å². The molecule has 6 heteroatoms. The van der Waals surface area contributed by atoms with Gasteiger partial charge in [0.25, 0.3) is 0 Å². The van der Waals surface area contributed by atoms with Gasteiger partial charge in [0.15, 0.2) is 0 Å². The second-order valence-electron chi connectivity index (χ2n) is 4.17. The van der Waals surface area contributed by atoms with Crippen LogP contribution < -0.4 is 10.6 Å². The van der Waals surface area contributed by atoms with Gasteiger partial charge in [0.05, 0.1) is 10.7 Å². The summed E-state index contributed by atoms with van der Waals surface area (Å²) < 4.78 is 11.0. The molecule has 4 nitrogen and oxygen atoms in total. The fraction of sp³-hybridized carbons (Fsp3) is 0.417. The molecule has 0 spiro atoms. The van der Waals surface area contributed by atoms with E-state index in [1.807, 2.05) is 19.1 Å². The molecule has 0 unspecified atom stereocenters. The second kappa shape index (κ2) is 6.75. The number of amides is 2. The summed E-state index contributed by atoms with van der Waals surface area (Å²) in [7, 11) is -0.936. The first-order chi connectivity index (χ1) is 8.40. The van der Waals surface area contributed by atoms with Gasteiger partial charge in [0.1, 0.15) is 0 Å². The van der Waals surface area contributed by atoms with Crippen molar-refractivity contribution in [3.8, 4) is 0 Å². The first-order valence-corrected chi connectivity index (χ1v) is 7.63. The Kier molecular flexibility index (Phi) is 5.62. The number of nitrogens with one attached hydrogen (secondary N) is 2. The molecule has 1 rings (SSSR count). The number of hydrogen-bond donors (Lipinski definition) is 2. The van der Waals surface area contributed by atoms with E-state index < -0.39 is 10.8 Å². The Morgan fingerprint density at radius 1 is 1.50 bits per heavy atom. The molecular formula is C12H17ClN2O2S. The summed E-state index contributed by atoms with van der Waals surface area (Å²) in [5.74, 6) is 0.426. The van der Waals surface area contributed by atoms with E-state index in [0.29, 0.717) is 16.5 Å². The third-order valence-corrected chi connectivity index (χ3v) is 3.61. The SMILES string of the molecule is Cc1cccc(Cl)c1NC(=O)N[C@@H](C)C[S@@](C)=O. The van der Waals surface area contributed by atoms with Gasteiger partial charge < -0.3 is 10.6 Å². The summed E-state index contributed by atoms with van der Waals surface area (Å²) in [5, 5.41) is 5.91. The molecule has 0 aliphatic carbocycles. The van der Waals surface area contributed by atoms with Gasteiger partial charge >= 0.3 is 6.03 Å². The standard InChI is InChI=1S/C12H17ClN2O2S/c1-8-5-4-6-10(13)11(8)15-12(16)14-9(2)7-18(3)17/h4-6,9H,7H2,1-3H3,(H2,14,15,16)/t9-,18+/m0/s1. The molecule has 0 bridgehead atoms. The van der Waals surface area contributed by atoms with Gasteiger partial charge in [0, 0.05) is 28.9 Å². The molecule has 0 aliphatic rings. The maximum atomic E-state index is 11.7. The molecule has 2 atom stereocenters. The average Bonchev–Trinajstić information content (AvgIpc) is 2.22. The molecular weight excluding hydrogens is 272 g/mol. The predicted octanol–water partition coefficient (Wildman–Crippen LogP) is 2.54. The number of halogens is 1. The minimum atomic E-state index is -0.936. The number of para-hydroxylation sites is 1. The van der Waals surface area contributed by atoms with Crippen LogP contribution in [-0.4, -0.2) is 28.3 Å². The van der Waals surface area contributed by atoms with E-state index in [0.717, 1.165) is 5.56 Å². The molecule has 0 aromatic heterocycles.